The summed E-state index contributed by atoms with van der Waals surface area (Å²) in [5.41, 5.74) is 0. The maximum absolute atomic E-state index is 9.81. The van der Waals surface area contributed by atoms with Crippen molar-refractivity contribution in [1.29, 1.82) is 0 Å². The van der Waals surface area contributed by atoms with Crippen molar-refractivity contribution in [3.8, 4) is 0 Å². The number of unbranched alkanes of at least 4 members (excludes halogenated alkanes) is 8. The molecule has 0 fully saturated rings. The fourth-order valence-electron chi connectivity index (χ4n) is 2.18. The van der Waals surface area contributed by atoms with E-state index in [1.807, 2.05) is 6.08 Å². The highest BCUT2D eigenvalue weighted by Gasteiger charge is 2.11. The second-order valence-electron chi connectivity index (χ2n) is 5.54. The van der Waals surface area contributed by atoms with Crippen LogP contribution in [-0.4, -0.2) is 22.4 Å². The Morgan fingerprint density at radius 2 is 1.37 bits per heavy atom. The topological polar surface area (TPSA) is 40.5 Å². The molecule has 2 unspecified atom stereocenters. The minimum Gasteiger partial charge on any atom is -0.390 e. The first kappa shape index (κ1) is 18.7. The van der Waals surface area contributed by atoms with Crippen LogP contribution in [0.3, 0.4) is 0 Å². The number of allylic oxidation sites excluding steroid dienone is 1. The summed E-state index contributed by atoms with van der Waals surface area (Å²) in [6.07, 6.45) is 15.2. The van der Waals surface area contributed by atoms with E-state index in [4.69, 9.17) is 0 Å². The Hall–Kier alpha value is -0.340. The van der Waals surface area contributed by atoms with Crippen LogP contribution in [0.15, 0.2) is 12.2 Å². The van der Waals surface area contributed by atoms with Crippen LogP contribution in [0.1, 0.15) is 84.5 Å². The molecule has 0 heterocycles. The second-order valence-corrected chi connectivity index (χ2v) is 5.54. The van der Waals surface area contributed by atoms with E-state index < -0.39 is 12.2 Å². The molecule has 0 aromatic heterocycles. The van der Waals surface area contributed by atoms with Crippen molar-refractivity contribution in [3.05, 3.63) is 12.2 Å². The molecule has 2 nitrogen and oxygen atoms in total. The molecule has 0 amide bonds. The summed E-state index contributed by atoms with van der Waals surface area (Å²) in [5.74, 6) is 0. The van der Waals surface area contributed by atoms with Gasteiger partial charge in [0.1, 0.15) is 0 Å². The molecular formula is C17H34O2. The zero-order chi connectivity index (χ0) is 14.3. The number of aliphatic hydroxyl groups excluding tert-OH is 2. The molecule has 0 spiro atoms. The van der Waals surface area contributed by atoms with Crippen LogP contribution < -0.4 is 0 Å². The molecule has 0 aromatic carbocycles. The number of rotatable bonds is 13. The fourth-order valence-corrected chi connectivity index (χ4v) is 2.18. The van der Waals surface area contributed by atoms with E-state index in [1.54, 1.807) is 6.08 Å². The predicted octanol–water partition coefficient (Wildman–Crippen LogP) is 4.60. The lowest BCUT2D eigenvalue weighted by atomic mass is 10.0. The van der Waals surface area contributed by atoms with Gasteiger partial charge in [0.05, 0.1) is 12.2 Å². The van der Waals surface area contributed by atoms with Crippen LogP contribution in [0.4, 0.5) is 0 Å². The fraction of sp³-hybridized carbons (Fsp3) is 0.882. The van der Waals surface area contributed by atoms with Gasteiger partial charge in [0.2, 0.25) is 0 Å². The van der Waals surface area contributed by atoms with E-state index in [-0.39, 0.29) is 0 Å². The van der Waals surface area contributed by atoms with Crippen LogP contribution >= 0.6 is 0 Å². The Balaban J connectivity index is 3.51. The summed E-state index contributed by atoms with van der Waals surface area (Å²) < 4.78 is 0. The summed E-state index contributed by atoms with van der Waals surface area (Å²) in [5, 5.41) is 19.6. The zero-order valence-corrected chi connectivity index (χ0v) is 13.0. The molecule has 0 radical (unpaired) electrons. The lowest BCUT2D eigenvalue weighted by Crippen LogP contribution is -2.23. The van der Waals surface area contributed by atoms with Gasteiger partial charge in [0.15, 0.2) is 0 Å². The van der Waals surface area contributed by atoms with Gasteiger partial charge in [-0.3, -0.25) is 0 Å². The molecule has 0 aliphatic carbocycles. The first-order valence-electron chi connectivity index (χ1n) is 8.25. The maximum Gasteiger partial charge on any atom is 0.0979 e. The van der Waals surface area contributed by atoms with E-state index >= 15 is 0 Å². The molecule has 0 aliphatic heterocycles. The van der Waals surface area contributed by atoms with Gasteiger partial charge in [0, 0.05) is 0 Å². The third-order valence-corrected chi connectivity index (χ3v) is 3.56. The molecule has 0 aromatic rings. The Morgan fingerprint density at radius 1 is 0.789 bits per heavy atom. The molecule has 0 saturated heterocycles. The molecule has 0 aliphatic rings. The molecule has 0 rings (SSSR count). The normalized spacial score (nSPS) is 14.9. The molecule has 19 heavy (non-hydrogen) atoms. The van der Waals surface area contributed by atoms with Gasteiger partial charge in [-0.15, -0.1) is 0 Å². The van der Waals surface area contributed by atoms with Crippen LogP contribution in [0.25, 0.3) is 0 Å². The molecule has 2 N–H and O–H groups in total. The Morgan fingerprint density at radius 3 is 2.00 bits per heavy atom. The highest BCUT2D eigenvalue weighted by molar-refractivity contribution is 4.92. The van der Waals surface area contributed by atoms with E-state index in [9.17, 15) is 10.2 Å². The molecule has 2 heteroatoms. The van der Waals surface area contributed by atoms with Gasteiger partial charge in [-0.25, -0.2) is 0 Å². The van der Waals surface area contributed by atoms with Crippen molar-refractivity contribution >= 4 is 0 Å². The van der Waals surface area contributed by atoms with Gasteiger partial charge in [-0.2, -0.15) is 0 Å². The van der Waals surface area contributed by atoms with Crippen molar-refractivity contribution in [2.24, 2.45) is 0 Å². The molecule has 114 valence electrons. The molecule has 0 saturated carbocycles. The van der Waals surface area contributed by atoms with Crippen molar-refractivity contribution in [3.63, 3.8) is 0 Å². The lowest BCUT2D eigenvalue weighted by molar-refractivity contribution is 0.0413. The van der Waals surface area contributed by atoms with Crippen molar-refractivity contribution in [1.82, 2.24) is 0 Å². The van der Waals surface area contributed by atoms with Gasteiger partial charge < -0.3 is 10.2 Å². The molecule has 2 atom stereocenters. The Labute approximate surface area is 119 Å². The van der Waals surface area contributed by atoms with Crippen LogP contribution in [0.2, 0.25) is 0 Å². The Bertz CT molecular complexity index is 201. The van der Waals surface area contributed by atoms with E-state index in [0.717, 1.165) is 12.8 Å². The number of hydrogen-bond acceptors (Lipinski definition) is 2. The molecule has 0 bridgehead atoms. The van der Waals surface area contributed by atoms with E-state index in [0.29, 0.717) is 6.42 Å². The largest absolute Gasteiger partial charge is 0.390 e. The minimum absolute atomic E-state index is 0.589. The smallest absolute Gasteiger partial charge is 0.0979 e. The van der Waals surface area contributed by atoms with Crippen molar-refractivity contribution in [2.45, 2.75) is 96.7 Å². The predicted molar refractivity (Wildman–Crippen MR) is 83.3 cm³/mol. The van der Waals surface area contributed by atoms with Gasteiger partial charge in [-0.05, 0) is 19.3 Å². The molecular weight excluding hydrogens is 236 g/mol. The summed E-state index contributed by atoms with van der Waals surface area (Å²) in [6.45, 7) is 4.40. The maximum atomic E-state index is 9.81. The monoisotopic (exact) mass is 270 g/mol. The number of hydrogen-bond donors (Lipinski definition) is 2. The first-order valence-corrected chi connectivity index (χ1v) is 8.25. The highest BCUT2D eigenvalue weighted by Crippen LogP contribution is 2.11. The van der Waals surface area contributed by atoms with Gasteiger partial charge in [0.25, 0.3) is 0 Å². The van der Waals surface area contributed by atoms with Gasteiger partial charge >= 0.3 is 0 Å². The average molecular weight is 270 g/mol. The summed E-state index contributed by atoms with van der Waals surface area (Å²) >= 11 is 0. The van der Waals surface area contributed by atoms with Crippen molar-refractivity contribution < 1.29 is 10.2 Å². The van der Waals surface area contributed by atoms with E-state index in [1.165, 1.54) is 51.4 Å². The lowest BCUT2D eigenvalue weighted by Gasteiger charge is -2.14. The second kappa shape index (κ2) is 14.1. The SMILES string of the molecule is CCCCCCC=CC(O)C(O)CCCCCCC. The number of aliphatic hydroxyl groups is 2. The quantitative estimate of drug-likeness (QED) is 0.379. The Kier molecular flexibility index (Phi) is 13.8. The standard InChI is InChI=1S/C17H34O2/c1-3-5-7-9-11-13-15-17(19)16(18)14-12-10-8-6-4-2/h13,15-19H,3-12,14H2,1-2H3. The van der Waals surface area contributed by atoms with Crippen LogP contribution in [-0.2, 0) is 0 Å². The summed E-state index contributed by atoms with van der Waals surface area (Å²) in [4.78, 5) is 0. The zero-order valence-electron chi connectivity index (χ0n) is 13.0. The van der Waals surface area contributed by atoms with Crippen LogP contribution in [0, 0.1) is 0 Å². The minimum atomic E-state index is -0.683. The van der Waals surface area contributed by atoms with Crippen molar-refractivity contribution in [2.75, 3.05) is 0 Å². The van der Waals surface area contributed by atoms with E-state index in [2.05, 4.69) is 13.8 Å². The average Bonchev–Trinajstić information content (AvgIpc) is 2.42. The highest BCUT2D eigenvalue weighted by atomic mass is 16.3. The van der Waals surface area contributed by atoms with Crippen LogP contribution in [0.5, 0.6) is 0 Å². The third kappa shape index (κ3) is 12.4. The van der Waals surface area contributed by atoms with Gasteiger partial charge in [-0.1, -0.05) is 77.4 Å². The third-order valence-electron chi connectivity index (χ3n) is 3.56. The summed E-state index contributed by atoms with van der Waals surface area (Å²) in [7, 11) is 0. The summed E-state index contributed by atoms with van der Waals surface area (Å²) in [6, 6.07) is 0. The first-order chi connectivity index (χ1) is 9.22.